The Bertz CT molecular complexity index is 473. The molecule has 1 aliphatic rings. The van der Waals surface area contributed by atoms with Crippen LogP contribution in [-0.4, -0.2) is 68.9 Å². The average Bonchev–Trinajstić information content (AvgIpc) is 2.32. The Hall–Kier alpha value is -1.04. The van der Waals surface area contributed by atoms with Crippen LogP contribution in [0.5, 0.6) is 0 Å². The molecule has 1 aliphatic heterocycles. The fourth-order valence-corrected chi connectivity index (χ4v) is 3.01. The fraction of sp³-hybridized carbons (Fsp3) is 0.900. The van der Waals surface area contributed by atoms with Crippen LogP contribution in [0.4, 0.5) is 26.3 Å². The van der Waals surface area contributed by atoms with E-state index in [1.807, 2.05) is 0 Å². The molecule has 0 saturated carbocycles. The van der Waals surface area contributed by atoms with E-state index in [2.05, 4.69) is 4.74 Å². The molecule has 130 valence electrons. The third-order valence-electron chi connectivity index (χ3n) is 2.91. The molecule has 0 aliphatic carbocycles. The topological polar surface area (TPSA) is 63.7 Å². The van der Waals surface area contributed by atoms with Crippen LogP contribution in [0.25, 0.3) is 0 Å². The van der Waals surface area contributed by atoms with Crippen molar-refractivity contribution in [1.29, 1.82) is 0 Å². The number of rotatable bonds is 4. The van der Waals surface area contributed by atoms with E-state index in [1.54, 1.807) is 0 Å². The van der Waals surface area contributed by atoms with E-state index in [9.17, 15) is 39.6 Å². The van der Waals surface area contributed by atoms with Gasteiger partial charge in [0.15, 0.2) is 9.84 Å². The summed E-state index contributed by atoms with van der Waals surface area (Å²) in [4.78, 5) is 12.6. The van der Waals surface area contributed by atoms with E-state index < -0.39 is 40.7 Å². The number of carbonyl (C=O) groups excluding carboxylic acids is 1. The van der Waals surface area contributed by atoms with Gasteiger partial charge in [0.1, 0.15) is 0 Å². The van der Waals surface area contributed by atoms with Crippen LogP contribution in [-0.2, 0) is 19.4 Å². The summed E-state index contributed by atoms with van der Waals surface area (Å²) in [5.74, 6) is -1.99. The van der Waals surface area contributed by atoms with E-state index >= 15 is 0 Å². The average molecular weight is 357 g/mol. The van der Waals surface area contributed by atoms with Gasteiger partial charge in [0.25, 0.3) is 6.10 Å². The second-order valence-electron chi connectivity index (χ2n) is 4.70. The number of alkyl halides is 6. The molecule has 0 atom stereocenters. The highest BCUT2D eigenvalue weighted by Crippen LogP contribution is 2.35. The molecule has 5 nitrogen and oxygen atoms in total. The normalized spacial score (nSPS) is 20.1. The highest BCUT2D eigenvalue weighted by atomic mass is 32.2. The van der Waals surface area contributed by atoms with E-state index in [-0.39, 0.29) is 31.1 Å². The zero-order valence-corrected chi connectivity index (χ0v) is 11.9. The van der Waals surface area contributed by atoms with Crippen LogP contribution in [0.1, 0.15) is 6.42 Å². The van der Waals surface area contributed by atoms with Gasteiger partial charge in [0, 0.05) is 19.6 Å². The Balaban J connectivity index is 2.49. The van der Waals surface area contributed by atoms with Gasteiger partial charge < -0.3 is 9.64 Å². The van der Waals surface area contributed by atoms with Crippen LogP contribution in [0.2, 0.25) is 0 Å². The van der Waals surface area contributed by atoms with Gasteiger partial charge in [-0.05, 0) is 0 Å². The number of nitrogens with zero attached hydrogens (tertiary/aromatic N) is 1. The lowest BCUT2D eigenvalue weighted by atomic mass is 10.3. The molecule has 1 heterocycles. The van der Waals surface area contributed by atoms with Crippen LogP contribution in [0.3, 0.4) is 0 Å². The molecule has 22 heavy (non-hydrogen) atoms. The number of sulfone groups is 1. The standard InChI is InChI=1S/C10H13F6NO4S/c11-9(12,13)8(10(14,15)16)21-7(18)1-2-17-3-5-22(19,20)6-4-17/h8H,1-6H2. The maximum Gasteiger partial charge on any atom is 0.434 e. The maximum atomic E-state index is 12.2. The van der Waals surface area contributed by atoms with Crippen molar-refractivity contribution in [3.05, 3.63) is 0 Å². The number of hydrogen-bond acceptors (Lipinski definition) is 5. The Kier molecular flexibility index (Phi) is 5.71. The zero-order chi connectivity index (χ0) is 17.2. The van der Waals surface area contributed by atoms with E-state index in [1.165, 1.54) is 4.90 Å². The lowest BCUT2D eigenvalue weighted by Crippen LogP contribution is -2.46. The largest absolute Gasteiger partial charge is 0.443 e. The van der Waals surface area contributed by atoms with Crippen molar-refractivity contribution in [2.24, 2.45) is 0 Å². The smallest absolute Gasteiger partial charge is 0.434 e. The summed E-state index contributed by atoms with van der Waals surface area (Å²) >= 11 is 0. The first-order valence-electron chi connectivity index (χ1n) is 6.07. The molecule has 0 aromatic rings. The van der Waals surface area contributed by atoms with Gasteiger partial charge in [-0.25, -0.2) is 8.42 Å². The molecule has 0 bridgehead atoms. The minimum Gasteiger partial charge on any atom is -0.443 e. The number of carbonyl (C=O) groups is 1. The molecule has 0 unspecified atom stereocenters. The van der Waals surface area contributed by atoms with Gasteiger partial charge >= 0.3 is 18.3 Å². The van der Waals surface area contributed by atoms with Gasteiger partial charge in [-0.15, -0.1) is 0 Å². The summed E-state index contributed by atoms with van der Waals surface area (Å²) in [5, 5.41) is 0. The third kappa shape index (κ3) is 5.99. The van der Waals surface area contributed by atoms with Crippen molar-refractivity contribution in [3.63, 3.8) is 0 Å². The van der Waals surface area contributed by atoms with E-state index in [4.69, 9.17) is 0 Å². The Morgan fingerprint density at radius 2 is 1.50 bits per heavy atom. The molecule has 1 saturated heterocycles. The molecule has 0 radical (unpaired) electrons. The van der Waals surface area contributed by atoms with Gasteiger partial charge in [-0.2, -0.15) is 26.3 Å². The molecule has 0 amide bonds. The zero-order valence-electron chi connectivity index (χ0n) is 11.1. The summed E-state index contributed by atoms with van der Waals surface area (Å²) in [7, 11) is -3.17. The second-order valence-corrected chi connectivity index (χ2v) is 7.00. The van der Waals surface area contributed by atoms with E-state index in [0.717, 1.165) is 0 Å². The van der Waals surface area contributed by atoms with Crippen LogP contribution in [0.15, 0.2) is 0 Å². The first-order chi connectivity index (χ1) is 9.81. The number of esters is 1. The van der Waals surface area contributed by atoms with Gasteiger partial charge in [-0.1, -0.05) is 0 Å². The molecule has 0 aromatic heterocycles. The van der Waals surface area contributed by atoms with Crippen LogP contribution >= 0.6 is 0 Å². The number of hydrogen-bond donors (Lipinski definition) is 0. The molecule has 1 rings (SSSR count). The highest BCUT2D eigenvalue weighted by Gasteiger charge is 2.59. The SMILES string of the molecule is O=C(CCN1CCS(=O)(=O)CC1)OC(C(F)(F)F)C(F)(F)F. The minimum absolute atomic E-state index is 0.0670. The molecular weight excluding hydrogens is 344 g/mol. The van der Waals surface area contributed by atoms with Gasteiger partial charge in [0.2, 0.25) is 0 Å². The molecule has 0 N–H and O–H groups in total. The summed E-state index contributed by atoms with van der Waals surface area (Å²) in [6.45, 7) is -0.0358. The number of halogens is 6. The quantitative estimate of drug-likeness (QED) is 0.558. The summed E-state index contributed by atoms with van der Waals surface area (Å²) in [5.41, 5.74) is 0. The van der Waals surface area contributed by atoms with Crippen LogP contribution in [0, 0.1) is 0 Å². The number of ether oxygens (including phenoxy) is 1. The monoisotopic (exact) mass is 357 g/mol. The second kappa shape index (κ2) is 6.60. The third-order valence-corrected chi connectivity index (χ3v) is 4.52. The van der Waals surface area contributed by atoms with Crippen LogP contribution < -0.4 is 0 Å². The van der Waals surface area contributed by atoms with E-state index in [0.29, 0.717) is 0 Å². The molecule has 0 aromatic carbocycles. The first kappa shape index (κ1) is 19.0. The summed E-state index contributed by atoms with van der Waals surface area (Å²) in [6, 6.07) is 0. The summed E-state index contributed by atoms with van der Waals surface area (Å²) < 4.78 is 98.8. The maximum absolute atomic E-state index is 12.2. The summed E-state index contributed by atoms with van der Waals surface area (Å²) in [6.07, 6.45) is -16.3. The van der Waals surface area contributed by atoms with Gasteiger partial charge in [-0.3, -0.25) is 4.79 Å². The predicted octanol–water partition coefficient (Wildman–Crippen LogP) is 1.14. The van der Waals surface area contributed by atoms with Crippen molar-refractivity contribution in [1.82, 2.24) is 4.90 Å². The molecule has 12 heteroatoms. The Labute approximate surface area is 122 Å². The Morgan fingerprint density at radius 3 is 1.91 bits per heavy atom. The lowest BCUT2D eigenvalue weighted by molar-refractivity contribution is -0.313. The van der Waals surface area contributed by atoms with Crippen molar-refractivity contribution >= 4 is 15.8 Å². The van der Waals surface area contributed by atoms with Crippen molar-refractivity contribution < 1.29 is 44.3 Å². The molecule has 1 fully saturated rings. The van der Waals surface area contributed by atoms with Crippen molar-refractivity contribution in [3.8, 4) is 0 Å². The predicted molar refractivity (Wildman–Crippen MR) is 61.7 cm³/mol. The fourth-order valence-electron chi connectivity index (χ4n) is 1.73. The van der Waals surface area contributed by atoms with Gasteiger partial charge in [0.05, 0.1) is 17.9 Å². The highest BCUT2D eigenvalue weighted by molar-refractivity contribution is 7.91. The molecule has 0 spiro atoms. The van der Waals surface area contributed by atoms with Crippen molar-refractivity contribution in [2.45, 2.75) is 24.9 Å². The lowest BCUT2D eigenvalue weighted by Gasteiger charge is -2.27. The Morgan fingerprint density at radius 1 is 1.05 bits per heavy atom. The minimum atomic E-state index is -5.74. The first-order valence-corrected chi connectivity index (χ1v) is 7.89. The van der Waals surface area contributed by atoms with Crippen molar-refractivity contribution in [2.75, 3.05) is 31.1 Å². The molecular formula is C10H13F6NO4S.